The number of para-hydroxylation sites is 3. The topological polar surface area (TPSA) is 68.6 Å². The molecule has 2 fully saturated rings. The average Bonchev–Trinajstić information content (AvgIpc) is 2.84. The number of benzene rings is 2. The highest BCUT2D eigenvalue weighted by Gasteiger charge is 2.35. The van der Waals surface area contributed by atoms with Crippen molar-refractivity contribution in [2.45, 2.75) is 19.0 Å². The summed E-state index contributed by atoms with van der Waals surface area (Å²) in [5.74, 6) is -0.344. The highest BCUT2D eigenvalue weighted by atomic mass is 19.1. The Morgan fingerprint density at radius 3 is 2.25 bits per heavy atom. The maximum absolute atomic E-state index is 14.1. The van der Waals surface area contributed by atoms with Gasteiger partial charge >= 0.3 is 0 Å². The molecule has 0 aromatic heterocycles. The maximum atomic E-state index is 14.1. The van der Waals surface area contributed by atoms with Crippen molar-refractivity contribution in [2.75, 3.05) is 44.2 Å². The van der Waals surface area contributed by atoms with Gasteiger partial charge in [-0.2, -0.15) is 0 Å². The number of piperidine rings is 1. The van der Waals surface area contributed by atoms with Crippen LogP contribution in [0.5, 0.6) is 0 Å². The number of amides is 2. The Kier molecular flexibility index (Phi) is 5.70. The summed E-state index contributed by atoms with van der Waals surface area (Å²) in [6.45, 7) is 3.73. The lowest BCUT2D eigenvalue weighted by atomic mass is 9.94. The molecule has 0 N–H and O–H groups in total. The number of hydrogen-bond donors (Lipinski definition) is 0. The summed E-state index contributed by atoms with van der Waals surface area (Å²) < 4.78 is 14.1. The first-order valence-electron chi connectivity index (χ1n) is 11.2. The van der Waals surface area contributed by atoms with Crippen molar-refractivity contribution in [3.63, 3.8) is 0 Å². The number of fused-ring (bicyclic) bond motifs is 1. The Bertz CT molecular complexity index is 1140. The number of carbonyl (C=O) groups excluding carboxylic acids is 2. The fraction of sp³-hybridized carbons (Fsp3) is 0.417. The lowest BCUT2D eigenvalue weighted by Gasteiger charge is -2.40. The van der Waals surface area contributed by atoms with Crippen LogP contribution in [0.4, 0.5) is 10.1 Å². The Morgan fingerprint density at radius 1 is 0.875 bits per heavy atom. The third-order valence-electron chi connectivity index (χ3n) is 6.60. The van der Waals surface area contributed by atoms with Gasteiger partial charge in [-0.05, 0) is 37.1 Å². The molecule has 32 heavy (non-hydrogen) atoms. The number of hydrogen-bond acceptors (Lipinski definition) is 5. The summed E-state index contributed by atoms with van der Waals surface area (Å²) in [7, 11) is 0. The monoisotopic (exact) mass is 435 g/mol. The number of carbonyl (C=O) groups is 2. The Balaban J connectivity index is 1.17. The molecule has 0 radical (unpaired) electrons. The van der Waals surface area contributed by atoms with Crippen LogP contribution in [0.1, 0.15) is 12.8 Å². The molecule has 0 spiro atoms. The second-order valence-corrected chi connectivity index (χ2v) is 8.52. The van der Waals surface area contributed by atoms with Crippen LogP contribution in [0, 0.1) is 11.7 Å². The van der Waals surface area contributed by atoms with E-state index >= 15 is 0 Å². The molecule has 8 heteroatoms. The van der Waals surface area contributed by atoms with Crippen molar-refractivity contribution in [1.82, 2.24) is 9.80 Å². The lowest BCUT2D eigenvalue weighted by Crippen LogP contribution is -2.53. The summed E-state index contributed by atoms with van der Waals surface area (Å²) in [5, 5.41) is 1.36. The molecular formula is C24H26FN5O2. The van der Waals surface area contributed by atoms with E-state index in [0.717, 1.165) is 5.36 Å². The summed E-state index contributed by atoms with van der Waals surface area (Å²) in [6.07, 6.45) is 0.811. The highest BCUT2D eigenvalue weighted by Crippen LogP contribution is 2.24. The van der Waals surface area contributed by atoms with Gasteiger partial charge in [0.2, 0.25) is 5.91 Å². The molecule has 0 bridgehead atoms. The molecule has 2 amide bonds. The van der Waals surface area contributed by atoms with Gasteiger partial charge in [0, 0.05) is 45.2 Å². The Hall–Kier alpha value is -3.13. The number of likely N-dealkylation sites (tertiary alicyclic amines) is 1. The number of nitrogens with zero attached hydrogens (tertiary/aromatic N) is 5. The molecule has 3 aliphatic rings. The van der Waals surface area contributed by atoms with Crippen LogP contribution < -0.4 is 15.6 Å². The predicted octanol–water partition coefficient (Wildman–Crippen LogP) is 0.992. The van der Waals surface area contributed by atoms with Crippen molar-refractivity contribution in [3.05, 3.63) is 65.1 Å². The number of rotatable bonds is 3. The van der Waals surface area contributed by atoms with Crippen LogP contribution in [0.2, 0.25) is 0 Å². The van der Waals surface area contributed by atoms with Crippen LogP contribution in [0.15, 0.2) is 58.5 Å². The lowest BCUT2D eigenvalue weighted by molar-refractivity contribution is -0.137. The molecule has 0 aliphatic carbocycles. The van der Waals surface area contributed by atoms with Crippen LogP contribution in [-0.4, -0.2) is 67.0 Å². The van der Waals surface area contributed by atoms with E-state index in [0.29, 0.717) is 63.2 Å². The van der Waals surface area contributed by atoms with E-state index in [2.05, 4.69) is 9.98 Å². The second-order valence-electron chi connectivity index (χ2n) is 8.52. The molecule has 7 nitrogen and oxygen atoms in total. The first-order valence-corrected chi connectivity index (χ1v) is 11.2. The van der Waals surface area contributed by atoms with Crippen molar-refractivity contribution >= 4 is 17.5 Å². The Labute approximate surface area is 185 Å². The molecule has 166 valence electrons. The fourth-order valence-corrected chi connectivity index (χ4v) is 4.79. The summed E-state index contributed by atoms with van der Waals surface area (Å²) >= 11 is 0. The molecule has 2 saturated heterocycles. The zero-order valence-corrected chi connectivity index (χ0v) is 17.9. The minimum Gasteiger partial charge on any atom is -0.366 e. The molecule has 3 aliphatic heterocycles. The minimum absolute atomic E-state index is 0.0471. The van der Waals surface area contributed by atoms with E-state index in [-0.39, 0.29) is 23.5 Å². The quantitative estimate of drug-likeness (QED) is 0.721. The van der Waals surface area contributed by atoms with E-state index in [4.69, 9.17) is 0 Å². The van der Waals surface area contributed by atoms with Gasteiger partial charge in [-0.15, -0.1) is 0 Å². The molecule has 3 heterocycles. The normalized spacial score (nSPS) is 22.2. The van der Waals surface area contributed by atoms with Gasteiger partial charge < -0.3 is 9.80 Å². The number of anilines is 1. The molecular weight excluding hydrogens is 409 g/mol. The van der Waals surface area contributed by atoms with E-state index in [1.165, 1.54) is 6.07 Å². The fourth-order valence-electron chi connectivity index (χ4n) is 4.79. The SMILES string of the molecule is O=C1N=c2ccccc2=NC1N1CCC(C(=O)N2CCN(c3ccccc3F)CC2)CC1. The molecule has 1 atom stereocenters. The van der Waals surface area contributed by atoms with Crippen molar-refractivity contribution in [2.24, 2.45) is 15.9 Å². The van der Waals surface area contributed by atoms with Gasteiger partial charge in [0.25, 0.3) is 5.91 Å². The summed E-state index contributed by atoms with van der Waals surface area (Å²) in [6, 6.07) is 14.2. The Morgan fingerprint density at radius 2 is 1.53 bits per heavy atom. The van der Waals surface area contributed by atoms with E-state index in [9.17, 15) is 14.0 Å². The standard InChI is InChI=1S/C24H26FN5O2/c25-18-5-1-4-8-21(18)28-13-15-30(16-14-28)24(32)17-9-11-29(12-10-17)22-23(31)27-20-7-3-2-6-19(20)26-22/h1-8,17,22H,9-16H2. The van der Waals surface area contributed by atoms with E-state index < -0.39 is 6.17 Å². The largest absolute Gasteiger partial charge is 0.366 e. The maximum Gasteiger partial charge on any atom is 0.286 e. The van der Waals surface area contributed by atoms with Gasteiger partial charge in [0.15, 0.2) is 6.17 Å². The van der Waals surface area contributed by atoms with Gasteiger partial charge in [-0.3, -0.25) is 19.5 Å². The minimum atomic E-state index is -0.592. The molecule has 5 rings (SSSR count). The third-order valence-corrected chi connectivity index (χ3v) is 6.60. The zero-order chi connectivity index (χ0) is 22.1. The van der Waals surface area contributed by atoms with Gasteiger partial charge in [0.1, 0.15) is 5.82 Å². The zero-order valence-electron chi connectivity index (χ0n) is 17.9. The van der Waals surface area contributed by atoms with Crippen molar-refractivity contribution < 1.29 is 14.0 Å². The van der Waals surface area contributed by atoms with Gasteiger partial charge in [0.05, 0.1) is 16.4 Å². The third kappa shape index (κ3) is 4.02. The van der Waals surface area contributed by atoms with E-state index in [1.807, 2.05) is 39.0 Å². The van der Waals surface area contributed by atoms with Crippen LogP contribution >= 0.6 is 0 Å². The predicted molar refractivity (Wildman–Crippen MR) is 117 cm³/mol. The van der Waals surface area contributed by atoms with Gasteiger partial charge in [-0.25, -0.2) is 9.38 Å². The van der Waals surface area contributed by atoms with Crippen molar-refractivity contribution in [3.8, 4) is 0 Å². The molecule has 2 aromatic carbocycles. The van der Waals surface area contributed by atoms with Crippen LogP contribution in [0.3, 0.4) is 0 Å². The first-order chi connectivity index (χ1) is 15.6. The second kappa shape index (κ2) is 8.78. The summed E-state index contributed by atoms with van der Waals surface area (Å²) in [4.78, 5) is 40.3. The van der Waals surface area contributed by atoms with Gasteiger partial charge in [-0.1, -0.05) is 24.3 Å². The summed E-state index contributed by atoms with van der Waals surface area (Å²) in [5.41, 5.74) is 0.598. The number of piperazine rings is 1. The smallest absolute Gasteiger partial charge is 0.286 e. The molecule has 2 aromatic rings. The highest BCUT2D eigenvalue weighted by molar-refractivity contribution is 5.83. The number of halogens is 1. The average molecular weight is 436 g/mol. The van der Waals surface area contributed by atoms with Crippen molar-refractivity contribution in [1.29, 1.82) is 0 Å². The molecule has 1 unspecified atom stereocenters. The van der Waals surface area contributed by atoms with Crippen LogP contribution in [0.25, 0.3) is 0 Å². The first kappa shape index (κ1) is 20.8. The van der Waals surface area contributed by atoms with Crippen LogP contribution in [-0.2, 0) is 9.59 Å². The molecule has 0 saturated carbocycles. The van der Waals surface area contributed by atoms with E-state index in [1.54, 1.807) is 18.2 Å².